The predicted octanol–water partition coefficient (Wildman–Crippen LogP) is 3.56. The number of ether oxygens (including phenoxy) is 1. The molecule has 0 aliphatic carbocycles. The van der Waals surface area contributed by atoms with Crippen molar-refractivity contribution in [2.75, 3.05) is 20.2 Å². The van der Waals surface area contributed by atoms with Gasteiger partial charge in [0.1, 0.15) is 11.4 Å². The van der Waals surface area contributed by atoms with E-state index in [9.17, 15) is 0 Å². The molecule has 1 N–H and O–H groups in total. The number of benzene rings is 1. The summed E-state index contributed by atoms with van der Waals surface area (Å²) in [4.78, 5) is 4.65. The molecule has 1 atom stereocenters. The topological polar surface area (TPSA) is 39.1 Å². The molecule has 1 aliphatic heterocycles. The number of hydrogen-bond acceptors (Lipinski definition) is 3. The van der Waals surface area contributed by atoms with Gasteiger partial charge in [-0.1, -0.05) is 12.1 Å². The first-order valence-electron chi connectivity index (χ1n) is 8.63. The number of fused-ring (bicyclic) bond motifs is 1. The van der Waals surface area contributed by atoms with Gasteiger partial charge in [0.05, 0.1) is 7.11 Å². The zero-order valence-electron chi connectivity index (χ0n) is 14.0. The zero-order chi connectivity index (χ0) is 16.4. The molecular formula is C20H23N3O. The number of aromatic nitrogens is 2. The van der Waals surface area contributed by atoms with E-state index in [1.54, 1.807) is 7.11 Å². The Bertz CT molecular complexity index is 834. The van der Waals surface area contributed by atoms with Crippen LogP contribution in [0.1, 0.15) is 30.0 Å². The van der Waals surface area contributed by atoms with Gasteiger partial charge in [-0.05, 0) is 55.3 Å². The van der Waals surface area contributed by atoms with Crippen LogP contribution in [0.2, 0.25) is 0 Å². The second-order valence-electron chi connectivity index (χ2n) is 6.47. The van der Waals surface area contributed by atoms with Crippen molar-refractivity contribution in [3.05, 3.63) is 59.9 Å². The molecule has 124 valence electrons. The lowest BCUT2D eigenvalue weighted by Gasteiger charge is -2.24. The van der Waals surface area contributed by atoms with E-state index in [0.717, 1.165) is 31.0 Å². The molecule has 24 heavy (non-hydrogen) atoms. The fourth-order valence-corrected chi connectivity index (χ4v) is 3.67. The highest BCUT2D eigenvalue weighted by Gasteiger charge is 2.21. The summed E-state index contributed by atoms with van der Waals surface area (Å²) in [5, 5.41) is 4.76. The fourth-order valence-electron chi connectivity index (χ4n) is 3.67. The van der Waals surface area contributed by atoms with Crippen LogP contribution in [0.15, 0.2) is 48.7 Å². The Labute approximate surface area is 142 Å². The summed E-state index contributed by atoms with van der Waals surface area (Å²) in [7, 11) is 1.71. The first-order chi connectivity index (χ1) is 11.8. The molecule has 1 aliphatic rings. The summed E-state index contributed by atoms with van der Waals surface area (Å²) >= 11 is 0. The van der Waals surface area contributed by atoms with E-state index >= 15 is 0 Å². The SMILES string of the molecule is COc1cccc(Cn2c(C3CCCNC3)cc3cccnc32)c1. The fraction of sp³-hybridized carbons (Fsp3) is 0.350. The number of methoxy groups -OCH3 is 1. The number of piperidine rings is 1. The van der Waals surface area contributed by atoms with Gasteiger partial charge in [-0.25, -0.2) is 4.98 Å². The summed E-state index contributed by atoms with van der Waals surface area (Å²) < 4.78 is 7.75. The molecule has 0 amide bonds. The van der Waals surface area contributed by atoms with E-state index in [1.807, 2.05) is 18.3 Å². The number of nitrogens with zero attached hydrogens (tertiary/aromatic N) is 2. The lowest BCUT2D eigenvalue weighted by atomic mass is 9.96. The van der Waals surface area contributed by atoms with E-state index in [4.69, 9.17) is 4.74 Å². The van der Waals surface area contributed by atoms with Crippen LogP contribution in [-0.4, -0.2) is 29.8 Å². The van der Waals surface area contributed by atoms with Crippen LogP contribution in [0, 0.1) is 0 Å². The van der Waals surface area contributed by atoms with E-state index in [-0.39, 0.29) is 0 Å². The number of hydrogen-bond donors (Lipinski definition) is 1. The molecule has 2 aromatic heterocycles. The van der Waals surface area contributed by atoms with Gasteiger partial charge in [-0.15, -0.1) is 0 Å². The average molecular weight is 321 g/mol. The van der Waals surface area contributed by atoms with E-state index in [1.165, 1.54) is 29.5 Å². The second kappa shape index (κ2) is 6.65. The Morgan fingerprint density at radius 3 is 3.04 bits per heavy atom. The number of nitrogens with one attached hydrogen (secondary N) is 1. The second-order valence-corrected chi connectivity index (χ2v) is 6.47. The standard InChI is InChI=1S/C20H23N3O/c1-24-18-8-2-5-15(11-18)14-23-19(17-7-3-9-21-13-17)12-16-6-4-10-22-20(16)23/h2,4-6,8,10-12,17,21H,3,7,9,13-14H2,1H3. The summed E-state index contributed by atoms with van der Waals surface area (Å²) in [6, 6.07) is 14.8. The van der Waals surface area contributed by atoms with Gasteiger partial charge in [0.25, 0.3) is 0 Å². The Balaban J connectivity index is 1.76. The summed E-state index contributed by atoms with van der Waals surface area (Å²) in [5.41, 5.74) is 3.70. The van der Waals surface area contributed by atoms with E-state index < -0.39 is 0 Å². The van der Waals surface area contributed by atoms with E-state index in [2.05, 4.69) is 45.2 Å². The largest absolute Gasteiger partial charge is 0.497 e. The molecule has 0 radical (unpaired) electrons. The van der Waals surface area contributed by atoms with Gasteiger partial charge >= 0.3 is 0 Å². The third-order valence-corrected chi connectivity index (χ3v) is 4.88. The molecular weight excluding hydrogens is 298 g/mol. The lowest BCUT2D eigenvalue weighted by molar-refractivity contribution is 0.414. The Morgan fingerprint density at radius 2 is 2.21 bits per heavy atom. The van der Waals surface area contributed by atoms with Crippen LogP contribution in [0.5, 0.6) is 5.75 Å². The molecule has 1 fully saturated rings. The van der Waals surface area contributed by atoms with Crippen LogP contribution in [0.25, 0.3) is 11.0 Å². The lowest BCUT2D eigenvalue weighted by Crippen LogP contribution is -2.29. The van der Waals surface area contributed by atoms with Crippen LogP contribution in [0.4, 0.5) is 0 Å². The number of pyridine rings is 1. The number of rotatable bonds is 4. The van der Waals surface area contributed by atoms with Crippen LogP contribution < -0.4 is 10.1 Å². The summed E-state index contributed by atoms with van der Waals surface area (Å²) in [5.74, 6) is 1.45. The van der Waals surface area contributed by atoms with Crippen molar-refractivity contribution in [1.29, 1.82) is 0 Å². The highest BCUT2D eigenvalue weighted by molar-refractivity contribution is 5.77. The van der Waals surface area contributed by atoms with Gasteiger partial charge in [-0.3, -0.25) is 0 Å². The molecule has 1 aromatic carbocycles. The maximum atomic E-state index is 5.37. The van der Waals surface area contributed by atoms with Crippen molar-refractivity contribution in [3.8, 4) is 5.75 Å². The Hall–Kier alpha value is -2.33. The summed E-state index contributed by atoms with van der Waals surface area (Å²) in [6.45, 7) is 3.00. The van der Waals surface area contributed by atoms with Gasteiger partial charge in [0, 0.05) is 36.3 Å². The Morgan fingerprint density at radius 1 is 1.25 bits per heavy atom. The van der Waals surface area contributed by atoms with Crippen LogP contribution in [-0.2, 0) is 6.54 Å². The van der Waals surface area contributed by atoms with Crippen LogP contribution >= 0.6 is 0 Å². The molecule has 4 nitrogen and oxygen atoms in total. The van der Waals surface area contributed by atoms with Crippen molar-refractivity contribution in [2.45, 2.75) is 25.3 Å². The predicted molar refractivity (Wildman–Crippen MR) is 96.7 cm³/mol. The molecule has 4 heteroatoms. The first-order valence-corrected chi connectivity index (χ1v) is 8.63. The van der Waals surface area contributed by atoms with Crippen molar-refractivity contribution in [2.24, 2.45) is 0 Å². The highest BCUT2D eigenvalue weighted by Crippen LogP contribution is 2.29. The molecule has 1 unspecified atom stereocenters. The smallest absolute Gasteiger partial charge is 0.140 e. The molecule has 1 saturated heterocycles. The maximum absolute atomic E-state index is 5.37. The Kier molecular flexibility index (Phi) is 4.22. The normalized spacial score (nSPS) is 18.0. The third kappa shape index (κ3) is 2.89. The van der Waals surface area contributed by atoms with Gasteiger partial charge in [-0.2, -0.15) is 0 Å². The first kappa shape index (κ1) is 15.2. The van der Waals surface area contributed by atoms with Crippen molar-refractivity contribution >= 4 is 11.0 Å². The minimum Gasteiger partial charge on any atom is -0.497 e. The van der Waals surface area contributed by atoms with Gasteiger partial charge in [0.15, 0.2) is 0 Å². The molecule has 0 saturated carbocycles. The average Bonchev–Trinajstić information content (AvgIpc) is 3.01. The maximum Gasteiger partial charge on any atom is 0.140 e. The molecule has 0 bridgehead atoms. The van der Waals surface area contributed by atoms with E-state index in [0.29, 0.717) is 5.92 Å². The quantitative estimate of drug-likeness (QED) is 0.798. The van der Waals surface area contributed by atoms with Gasteiger partial charge < -0.3 is 14.6 Å². The zero-order valence-corrected chi connectivity index (χ0v) is 14.0. The minimum atomic E-state index is 0.554. The molecule has 3 aromatic rings. The highest BCUT2D eigenvalue weighted by atomic mass is 16.5. The van der Waals surface area contributed by atoms with Gasteiger partial charge in [0.2, 0.25) is 0 Å². The van der Waals surface area contributed by atoms with Crippen molar-refractivity contribution < 1.29 is 4.74 Å². The monoisotopic (exact) mass is 321 g/mol. The van der Waals surface area contributed by atoms with Crippen molar-refractivity contribution in [1.82, 2.24) is 14.9 Å². The minimum absolute atomic E-state index is 0.554. The molecule has 3 heterocycles. The summed E-state index contributed by atoms with van der Waals surface area (Å²) in [6.07, 6.45) is 4.35. The van der Waals surface area contributed by atoms with Crippen LogP contribution in [0.3, 0.4) is 0 Å². The molecule has 0 spiro atoms. The molecule has 4 rings (SSSR count). The van der Waals surface area contributed by atoms with Crippen molar-refractivity contribution in [3.63, 3.8) is 0 Å². The third-order valence-electron chi connectivity index (χ3n) is 4.88.